The lowest BCUT2D eigenvalue weighted by atomic mass is 9.89. The summed E-state index contributed by atoms with van der Waals surface area (Å²) in [6, 6.07) is 7.43. The second kappa shape index (κ2) is 10.1. The lowest BCUT2D eigenvalue weighted by Crippen LogP contribution is -2.50. The average Bonchev–Trinajstić information content (AvgIpc) is 3.50. The van der Waals surface area contributed by atoms with E-state index >= 15 is 0 Å². The van der Waals surface area contributed by atoms with Gasteiger partial charge in [-0.2, -0.15) is 0 Å². The first-order valence-electron chi connectivity index (χ1n) is 9.30. The molecule has 1 aliphatic carbocycles. The van der Waals surface area contributed by atoms with E-state index in [9.17, 15) is 9.59 Å². The Morgan fingerprint density at radius 2 is 2.07 bits per heavy atom. The van der Waals surface area contributed by atoms with Crippen molar-refractivity contribution in [3.8, 4) is 0 Å². The lowest BCUT2D eigenvalue weighted by Gasteiger charge is -2.40. The summed E-state index contributed by atoms with van der Waals surface area (Å²) in [7, 11) is 3.46. The van der Waals surface area contributed by atoms with E-state index in [2.05, 4.69) is 4.90 Å². The molecule has 2 N–H and O–H groups in total. The molecule has 7 heteroatoms. The Labute approximate surface area is 173 Å². The van der Waals surface area contributed by atoms with Gasteiger partial charge in [-0.15, -0.1) is 0 Å². The number of nitrogens with zero attached hydrogens (tertiary/aromatic N) is 1. The fourth-order valence-electron chi connectivity index (χ4n) is 3.48. The Kier molecular flexibility index (Phi) is 7.85. The molecule has 27 heavy (non-hydrogen) atoms. The molecule has 1 aliphatic heterocycles. The smallest absolute Gasteiger partial charge is 0.157 e. The molecule has 4 nitrogen and oxygen atoms in total. The van der Waals surface area contributed by atoms with Crippen molar-refractivity contribution in [2.75, 3.05) is 18.8 Å². The summed E-state index contributed by atoms with van der Waals surface area (Å²) in [6.45, 7) is 2.05. The minimum Gasteiger partial charge on any atom is -0.330 e. The normalized spacial score (nSPS) is 24.9. The Hall–Kier alpha value is -0.790. The Morgan fingerprint density at radius 1 is 1.30 bits per heavy atom. The zero-order chi connectivity index (χ0) is 19.2. The third kappa shape index (κ3) is 5.39. The van der Waals surface area contributed by atoms with E-state index in [4.69, 9.17) is 17.3 Å². The van der Waals surface area contributed by atoms with Crippen LogP contribution in [0.4, 0.5) is 0 Å². The summed E-state index contributed by atoms with van der Waals surface area (Å²) < 4.78 is 0. The van der Waals surface area contributed by atoms with Crippen LogP contribution in [0.25, 0.3) is 0 Å². The van der Waals surface area contributed by atoms with Gasteiger partial charge in [0.1, 0.15) is 6.29 Å². The summed E-state index contributed by atoms with van der Waals surface area (Å²) in [5.74, 6) is 1.25. The van der Waals surface area contributed by atoms with Crippen molar-refractivity contribution in [1.29, 1.82) is 0 Å². The second-order valence-corrected chi connectivity index (χ2v) is 10.0. The highest BCUT2D eigenvalue weighted by Gasteiger charge is 2.43. The number of allylic oxidation sites excluding steroid dienone is 1. The molecular formula is C20H25ClN2O2S2. The van der Waals surface area contributed by atoms with Gasteiger partial charge in [-0.05, 0) is 42.5 Å². The van der Waals surface area contributed by atoms with E-state index < -0.39 is 0 Å². The van der Waals surface area contributed by atoms with Gasteiger partial charge in [0, 0.05) is 41.6 Å². The molecule has 0 bridgehead atoms. The molecule has 0 amide bonds. The van der Waals surface area contributed by atoms with Crippen LogP contribution in [0.2, 0.25) is 5.02 Å². The molecule has 1 aromatic carbocycles. The number of carbonyl (C=O) groups is 2. The maximum atomic E-state index is 13.1. The molecule has 3 rings (SSSR count). The maximum Gasteiger partial charge on any atom is 0.157 e. The Morgan fingerprint density at radius 3 is 2.74 bits per heavy atom. The SMILES string of the molecule is NCCSSC1CCN(Cc2ccccc2Cl)C(C(=O)C2CC2)/C1=C/C=O. The van der Waals surface area contributed by atoms with Crippen LogP contribution in [0.5, 0.6) is 0 Å². The predicted octanol–water partition coefficient (Wildman–Crippen LogP) is 3.73. The molecule has 1 heterocycles. The van der Waals surface area contributed by atoms with Gasteiger partial charge in [0.2, 0.25) is 0 Å². The van der Waals surface area contributed by atoms with E-state index in [-0.39, 0.29) is 23.0 Å². The number of hydrogen-bond acceptors (Lipinski definition) is 6. The molecule has 2 atom stereocenters. The van der Waals surface area contributed by atoms with Crippen LogP contribution in [-0.2, 0) is 16.1 Å². The summed E-state index contributed by atoms with van der Waals surface area (Å²) in [5, 5.41) is 0.882. The van der Waals surface area contributed by atoms with Gasteiger partial charge in [-0.25, -0.2) is 0 Å². The van der Waals surface area contributed by atoms with Crippen molar-refractivity contribution < 1.29 is 9.59 Å². The number of ketones is 1. The largest absolute Gasteiger partial charge is 0.330 e. The van der Waals surface area contributed by atoms with E-state index in [1.54, 1.807) is 27.7 Å². The zero-order valence-corrected chi connectivity index (χ0v) is 17.6. The number of benzene rings is 1. The molecule has 1 saturated heterocycles. The number of Topliss-reactive ketones (excluding diaryl/α,β-unsaturated/α-hetero) is 1. The van der Waals surface area contributed by atoms with Gasteiger partial charge in [-0.3, -0.25) is 14.5 Å². The van der Waals surface area contributed by atoms with E-state index in [1.165, 1.54) is 0 Å². The van der Waals surface area contributed by atoms with E-state index in [0.29, 0.717) is 18.1 Å². The van der Waals surface area contributed by atoms with E-state index in [1.807, 2.05) is 24.3 Å². The minimum atomic E-state index is -0.330. The molecule has 2 unspecified atom stereocenters. The van der Waals surface area contributed by atoms with Crippen LogP contribution in [0.15, 0.2) is 35.9 Å². The highest BCUT2D eigenvalue weighted by molar-refractivity contribution is 8.77. The monoisotopic (exact) mass is 424 g/mol. The second-order valence-electron chi connectivity index (χ2n) is 6.93. The quantitative estimate of drug-likeness (QED) is 0.282. The fraction of sp³-hybridized carbons (Fsp3) is 0.500. The summed E-state index contributed by atoms with van der Waals surface area (Å²) >= 11 is 6.35. The number of likely N-dealkylation sites (tertiary alicyclic amines) is 1. The minimum absolute atomic E-state index is 0.138. The number of halogens is 1. The van der Waals surface area contributed by atoms with Gasteiger partial charge in [-0.1, -0.05) is 51.4 Å². The van der Waals surface area contributed by atoms with Gasteiger partial charge in [0.05, 0.1) is 6.04 Å². The number of piperidine rings is 1. The van der Waals surface area contributed by atoms with Crippen LogP contribution in [0.3, 0.4) is 0 Å². The van der Waals surface area contributed by atoms with Crippen LogP contribution >= 0.6 is 33.2 Å². The number of hydrogen-bond donors (Lipinski definition) is 1. The molecular weight excluding hydrogens is 400 g/mol. The molecule has 0 aromatic heterocycles. The number of rotatable bonds is 9. The molecule has 2 fully saturated rings. The Bertz CT molecular complexity index is 709. The lowest BCUT2D eigenvalue weighted by molar-refractivity contribution is -0.125. The van der Waals surface area contributed by atoms with Crippen molar-refractivity contribution in [3.05, 3.63) is 46.5 Å². The topological polar surface area (TPSA) is 63.4 Å². The average molecular weight is 425 g/mol. The first-order valence-corrected chi connectivity index (χ1v) is 12.1. The maximum absolute atomic E-state index is 13.1. The predicted molar refractivity (Wildman–Crippen MR) is 115 cm³/mol. The van der Waals surface area contributed by atoms with Gasteiger partial charge in [0.25, 0.3) is 0 Å². The van der Waals surface area contributed by atoms with Crippen molar-refractivity contribution in [3.63, 3.8) is 0 Å². The number of nitrogens with two attached hydrogens (primary N) is 1. The van der Waals surface area contributed by atoms with Gasteiger partial charge in [0.15, 0.2) is 5.78 Å². The van der Waals surface area contributed by atoms with Crippen molar-refractivity contribution in [1.82, 2.24) is 4.90 Å². The van der Waals surface area contributed by atoms with Crippen molar-refractivity contribution in [2.24, 2.45) is 11.7 Å². The van der Waals surface area contributed by atoms with Crippen LogP contribution in [0.1, 0.15) is 24.8 Å². The summed E-state index contributed by atoms with van der Waals surface area (Å²) in [5.41, 5.74) is 7.56. The molecule has 0 spiro atoms. The standard InChI is InChI=1S/C20H25ClN2O2S2/c21-17-4-2-1-3-15(17)13-23-10-7-18(27-26-12-9-22)16(8-11-24)19(23)20(25)14-5-6-14/h1-4,8,11,14,18-19H,5-7,9-10,12-13,22H2/b16-8+. The third-order valence-electron chi connectivity index (χ3n) is 4.96. The van der Waals surface area contributed by atoms with Crippen LogP contribution < -0.4 is 5.73 Å². The van der Waals surface area contributed by atoms with Crippen molar-refractivity contribution in [2.45, 2.75) is 37.1 Å². The third-order valence-corrected chi connectivity index (χ3v) is 8.21. The van der Waals surface area contributed by atoms with Gasteiger partial charge < -0.3 is 5.73 Å². The fourth-order valence-corrected chi connectivity index (χ4v) is 6.24. The highest BCUT2D eigenvalue weighted by atomic mass is 35.5. The molecule has 1 saturated carbocycles. The molecule has 2 aliphatic rings. The summed E-state index contributed by atoms with van der Waals surface area (Å²) in [6.07, 6.45) is 5.26. The summed E-state index contributed by atoms with van der Waals surface area (Å²) in [4.78, 5) is 26.7. The van der Waals surface area contributed by atoms with Crippen molar-refractivity contribution >= 4 is 45.3 Å². The van der Waals surface area contributed by atoms with Crippen LogP contribution in [-0.4, -0.2) is 47.1 Å². The highest BCUT2D eigenvalue weighted by Crippen LogP contribution is 2.42. The molecule has 0 radical (unpaired) electrons. The first kappa shape index (κ1) is 20.9. The zero-order valence-electron chi connectivity index (χ0n) is 15.2. The Balaban J connectivity index is 1.84. The molecule has 146 valence electrons. The van der Waals surface area contributed by atoms with Crippen LogP contribution in [0, 0.1) is 5.92 Å². The molecule has 1 aromatic rings. The number of aldehydes is 1. The van der Waals surface area contributed by atoms with Gasteiger partial charge >= 0.3 is 0 Å². The first-order chi connectivity index (χ1) is 13.2. The van der Waals surface area contributed by atoms with E-state index in [0.717, 1.165) is 49.0 Å². The number of carbonyl (C=O) groups excluding carboxylic acids is 2.